The predicted octanol–water partition coefficient (Wildman–Crippen LogP) is 4.05. The maximum atomic E-state index is 12.5. The standard InChI is InChI=1S/C24H31N3O2/c1-17-12-18(2)15-27(14-17)16-22-7-5-4-6-21(22)13-25-24(29)20-8-10-23(11-9-20)26-19(3)28/h4-11,17-18H,12-16H2,1-3H3,(H,25,29)(H,26,28). The van der Waals surface area contributed by atoms with Gasteiger partial charge in [0.2, 0.25) is 5.91 Å². The van der Waals surface area contributed by atoms with Crippen molar-refractivity contribution < 1.29 is 9.59 Å². The molecule has 2 N–H and O–H groups in total. The zero-order valence-corrected chi connectivity index (χ0v) is 17.6. The Bertz CT molecular complexity index is 837. The average Bonchev–Trinajstić information content (AvgIpc) is 2.66. The van der Waals surface area contributed by atoms with Crippen molar-refractivity contribution in [1.29, 1.82) is 0 Å². The number of piperidine rings is 1. The lowest BCUT2D eigenvalue weighted by molar-refractivity contribution is -0.114. The van der Waals surface area contributed by atoms with E-state index in [1.54, 1.807) is 24.3 Å². The second-order valence-electron chi connectivity index (χ2n) is 8.35. The lowest BCUT2D eigenvalue weighted by Gasteiger charge is -2.35. The Morgan fingerprint density at radius 2 is 1.59 bits per heavy atom. The van der Waals surface area contributed by atoms with Crippen LogP contribution in [0.5, 0.6) is 0 Å². The normalized spacial score (nSPS) is 19.6. The van der Waals surface area contributed by atoms with Crippen LogP contribution < -0.4 is 10.6 Å². The highest BCUT2D eigenvalue weighted by molar-refractivity contribution is 5.95. The Labute approximate surface area is 173 Å². The van der Waals surface area contributed by atoms with Gasteiger partial charge in [-0.1, -0.05) is 38.1 Å². The minimum atomic E-state index is -0.128. The van der Waals surface area contributed by atoms with E-state index in [0.29, 0.717) is 17.8 Å². The molecule has 29 heavy (non-hydrogen) atoms. The molecule has 1 saturated heterocycles. The molecule has 2 amide bonds. The van der Waals surface area contributed by atoms with Crippen LogP contribution in [0.3, 0.4) is 0 Å². The summed E-state index contributed by atoms with van der Waals surface area (Å²) in [5.41, 5.74) is 3.69. The number of amides is 2. The summed E-state index contributed by atoms with van der Waals surface area (Å²) < 4.78 is 0. The maximum Gasteiger partial charge on any atom is 0.251 e. The number of hydrogen-bond acceptors (Lipinski definition) is 3. The number of hydrogen-bond donors (Lipinski definition) is 2. The summed E-state index contributed by atoms with van der Waals surface area (Å²) in [5, 5.41) is 5.73. The Balaban J connectivity index is 1.60. The van der Waals surface area contributed by atoms with E-state index < -0.39 is 0 Å². The second-order valence-corrected chi connectivity index (χ2v) is 8.35. The van der Waals surface area contributed by atoms with E-state index in [4.69, 9.17) is 0 Å². The van der Waals surface area contributed by atoms with Crippen LogP contribution in [0.2, 0.25) is 0 Å². The van der Waals surface area contributed by atoms with E-state index in [0.717, 1.165) is 37.0 Å². The van der Waals surface area contributed by atoms with Crippen LogP contribution in [0.1, 0.15) is 48.7 Å². The molecule has 2 aromatic carbocycles. The van der Waals surface area contributed by atoms with Crippen LogP contribution >= 0.6 is 0 Å². The van der Waals surface area contributed by atoms with Crippen LogP contribution in [0, 0.1) is 11.8 Å². The Hall–Kier alpha value is -2.66. The first-order chi connectivity index (χ1) is 13.9. The van der Waals surface area contributed by atoms with Gasteiger partial charge in [0.25, 0.3) is 5.91 Å². The zero-order valence-electron chi connectivity index (χ0n) is 17.6. The number of nitrogens with one attached hydrogen (secondary N) is 2. The van der Waals surface area contributed by atoms with Crippen LogP contribution in [0.25, 0.3) is 0 Å². The molecule has 0 radical (unpaired) electrons. The lowest BCUT2D eigenvalue weighted by atomic mass is 9.91. The van der Waals surface area contributed by atoms with Gasteiger partial charge in [0.05, 0.1) is 0 Å². The van der Waals surface area contributed by atoms with Gasteiger partial charge in [0.15, 0.2) is 0 Å². The topological polar surface area (TPSA) is 61.4 Å². The molecular formula is C24H31N3O2. The molecule has 0 aromatic heterocycles. The molecule has 1 aliphatic rings. The van der Waals surface area contributed by atoms with Crippen molar-refractivity contribution in [3.63, 3.8) is 0 Å². The number of nitrogens with zero attached hydrogens (tertiary/aromatic N) is 1. The summed E-state index contributed by atoms with van der Waals surface area (Å²) in [6.45, 7) is 9.80. The predicted molar refractivity (Wildman–Crippen MR) is 117 cm³/mol. The van der Waals surface area contributed by atoms with Crippen LogP contribution in [-0.2, 0) is 17.9 Å². The fraction of sp³-hybridized carbons (Fsp3) is 0.417. The summed E-state index contributed by atoms with van der Waals surface area (Å²) in [4.78, 5) is 26.2. The van der Waals surface area contributed by atoms with Gasteiger partial charge < -0.3 is 10.6 Å². The van der Waals surface area contributed by atoms with Crippen molar-refractivity contribution in [2.45, 2.75) is 40.3 Å². The molecule has 2 unspecified atom stereocenters. The number of carbonyl (C=O) groups is 2. The highest BCUT2D eigenvalue weighted by Crippen LogP contribution is 2.23. The number of likely N-dealkylation sites (tertiary alicyclic amines) is 1. The third kappa shape index (κ3) is 6.16. The van der Waals surface area contributed by atoms with Gasteiger partial charge in [-0.15, -0.1) is 0 Å². The Morgan fingerprint density at radius 1 is 0.966 bits per heavy atom. The third-order valence-corrected chi connectivity index (χ3v) is 5.36. The first-order valence-electron chi connectivity index (χ1n) is 10.4. The Morgan fingerprint density at radius 3 is 2.21 bits per heavy atom. The fourth-order valence-electron chi connectivity index (χ4n) is 4.23. The van der Waals surface area contributed by atoms with Crippen molar-refractivity contribution in [2.24, 2.45) is 11.8 Å². The van der Waals surface area contributed by atoms with Crippen molar-refractivity contribution >= 4 is 17.5 Å². The smallest absolute Gasteiger partial charge is 0.251 e. The Kier molecular flexibility index (Phi) is 7.04. The SMILES string of the molecule is CC(=O)Nc1ccc(C(=O)NCc2ccccc2CN2CC(C)CC(C)C2)cc1. The van der Waals surface area contributed by atoms with E-state index in [1.807, 2.05) is 6.07 Å². The van der Waals surface area contributed by atoms with Gasteiger partial charge in [-0.3, -0.25) is 14.5 Å². The molecule has 0 saturated carbocycles. The van der Waals surface area contributed by atoms with Crippen molar-refractivity contribution in [2.75, 3.05) is 18.4 Å². The van der Waals surface area contributed by atoms with Crippen molar-refractivity contribution in [1.82, 2.24) is 10.2 Å². The molecule has 3 rings (SSSR count). The minimum absolute atomic E-state index is 0.116. The molecule has 0 bridgehead atoms. The number of carbonyl (C=O) groups excluding carboxylic acids is 2. The largest absolute Gasteiger partial charge is 0.348 e. The highest BCUT2D eigenvalue weighted by atomic mass is 16.2. The molecule has 5 heteroatoms. The molecule has 1 heterocycles. The molecular weight excluding hydrogens is 362 g/mol. The number of rotatable bonds is 6. The lowest BCUT2D eigenvalue weighted by Crippen LogP contribution is -2.38. The maximum absolute atomic E-state index is 12.5. The molecule has 5 nitrogen and oxygen atoms in total. The first-order valence-corrected chi connectivity index (χ1v) is 10.4. The number of benzene rings is 2. The highest BCUT2D eigenvalue weighted by Gasteiger charge is 2.22. The van der Waals surface area contributed by atoms with Crippen LogP contribution in [-0.4, -0.2) is 29.8 Å². The molecule has 0 aliphatic carbocycles. The zero-order chi connectivity index (χ0) is 20.8. The fourth-order valence-corrected chi connectivity index (χ4v) is 4.23. The summed E-state index contributed by atoms with van der Waals surface area (Å²) in [6.07, 6.45) is 1.30. The quantitative estimate of drug-likeness (QED) is 0.778. The van der Waals surface area contributed by atoms with Crippen LogP contribution in [0.15, 0.2) is 48.5 Å². The molecule has 154 valence electrons. The van der Waals surface area contributed by atoms with Gasteiger partial charge in [-0.25, -0.2) is 0 Å². The van der Waals surface area contributed by atoms with Crippen molar-refractivity contribution in [3.05, 3.63) is 65.2 Å². The van der Waals surface area contributed by atoms with E-state index in [1.165, 1.54) is 18.9 Å². The van der Waals surface area contributed by atoms with E-state index in [9.17, 15) is 9.59 Å². The molecule has 2 atom stereocenters. The number of anilines is 1. The van der Waals surface area contributed by atoms with E-state index in [-0.39, 0.29) is 11.8 Å². The van der Waals surface area contributed by atoms with E-state index >= 15 is 0 Å². The van der Waals surface area contributed by atoms with Crippen LogP contribution in [0.4, 0.5) is 5.69 Å². The summed E-state index contributed by atoms with van der Waals surface area (Å²) in [6, 6.07) is 15.3. The molecule has 0 spiro atoms. The minimum Gasteiger partial charge on any atom is -0.348 e. The van der Waals surface area contributed by atoms with Gasteiger partial charge >= 0.3 is 0 Å². The molecule has 1 fully saturated rings. The molecule has 2 aromatic rings. The summed E-state index contributed by atoms with van der Waals surface area (Å²) >= 11 is 0. The van der Waals surface area contributed by atoms with Gasteiger partial charge in [0.1, 0.15) is 0 Å². The van der Waals surface area contributed by atoms with Gasteiger partial charge in [0, 0.05) is 44.4 Å². The first kappa shape index (κ1) is 21.1. The summed E-state index contributed by atoms with van der Waals surface area (Å²) in [5.74, 6) is 1.21. The van der Waals surface area contributed by atoms with E-state index in [2.05, 4.69) is 47.6 Å². The molecule has 1 aliphatic heterocycles. The second kappa shape index (κ2) is 9.70. The average molecular weight is 394 g/mol. The summed E-state index contributed by atoms with van der Waals surface area (Å²) in [7, 11) is 0. The van der Waals surface area contributed by atoms with Gasteiger partial charge in [-0.2, -0.15) is 0 Å². The monoisotopic (exact) mass is 393 g/mol. The van der Waals surface area contributed by atoms with Gasteiger partial charge in [-0.05, 0) is 53.6 Å². The van der Waals surface area contributed by atoms with Crippen molar-refractivity contribution in [3.8, 4) is 0 Å². The third-order valence-electron chi connectivity index (χ3n) is 5.36.